The van der Waals surface area contributed by atoms with Crippen LogP contribution < -0.4 is 5.32 Å². The van der Waals surface area contributed by atoms with Crippen LogP contribution in [0.2, 0.25) is 5.02 Å². The molecule has 0 radical (unpaired) electrons. The van der Waals surface area contributed by atoms with Crippen molar-refractivity contribution in [3.63, 3.8) is 0 Å². The molecule has 2 aromatic heterocycles. The standard InChI is InChI=1S/C25H21ClF3N3O/c26-18-7-8-23-21(13-18)22(15-32-23)20(16-4-3-5-17(12-16)25(27,28)29)14-24(33)31-11-9-19-6-1-2-10-30-19/h1-8,10,12-13,15,20,32H,9,11,14H2,(H,31,33). The molecule has 0 saturated heterocycles. The predicted molar refractivity (Wildman–Crippen MR) is 122 cm³/mol. The molecule has 2 N–H and O–H groups in total. The van der Waals surface area contributed by atoms with Crippen molar-refractivity contribution in [2.45, 2.75) is 24.9 Å². The maximum atomic E-state index is 13.4. The van der Waals surface area contributed by atoms with Gasteiger partial charge in [0, 0.05) is 59.3 Å². The van der Waals surface area contributed by atoms with Crippen molar-refractivity contribution in [3.8, 4) is 0 Å². The molecular weight excluding hydrogens is 451 g/mol. The highest BCUT2D eigenvalue weighted by Crippen LogP contribution is 2.37. The maximum absolute atomic E-state index is 13.4. The van der Waals surface area contributed by atoms with Crippen LogP contribution >= 0.6 is 11.6 Å². The summed E-state index contributed by atoms with van der Waals surface area (Å²) in [5.74, 6) is -0.848. The lowest BCUT2D eigenvalue weighted by atomic mass is 9.87. The van der Waals surface area contributed by atoms with E-state index in [1.807, 2.05) is 18.2 Å². The highest BCUT2D eigenvalue weighted by molar-refractivity contribution is 6.31. The van der Waals surface area contributed by atoms with E-state index in [-0.39, 0.29) is 12.3 Å². The summed E-state index contributed by atoms with van der Waals surface area (Å²) in [7, 11) is 0. The van der Waals surface area contributed by atoms with Gasteiger partial charge < -0.3 is 10.3 Å². The third-order valence-electron chi connectivity index (χ3n) is 5.49. The third kappa shape index (κ3) is 5.54. The molecule has 4 rings (SSSR count). The second-order valence-corrected chi connectivity index (χ2v) is 8.17. The van der Waals surface area contributed by atoms with Gasteiger partial charge in [-0.1, -0.05) is 35.9 Å². The zero-order valence-corrected chi connectivity index (χ0v) is 18.3. The van der Waals surface area contributed by atoms with Crippen LogP contribution in [0.15, 0.2) is 73.1 Å². The summed E-state index contributed by atoms with van der Waals surface area (Å²) < 4.78 is 40.1. The second kappa shape index (κ2) is 9.67. The van der Waals surface area contributed by atoms with Crippen molar-refractivity contribution in [2.75, 3.05) is 6.54 Å². The number of hydrogen-bond donors (Lipinski definition) is 2. The molecule has 33 heavy (non-hydrogen) atoms. The van der Waals surface area contributed by atoms with Gasteiger partial charge in [-0.3, -0.25) is 9.78 Å². The van der Waals surface area contributed by atoms with Crippen LogP contribution in [0, 0.1) is 0 Å². The van der Waals surface area contributed by atoms with Crippen molar-refractivity contribution in [2.24, 2.45) is 0 Å². The van der Waals surface area contributed by atoms with E-state index in [1.54, 1.807) is 36.7 Å². The number of rotatable bonds is 7. The summed E-state index contributed by atoms with van der Waals surface area (Å²) >= 11 is 6.17. The molecule has 8 heteroatoms. The lowest BCUT2D eigenvalue weighted by molar-refractivity contribution is -0.137. The Labute approximate surface area is 193 Å². The number of nitrogens with zero attached hydrogens (tertiary/aromatic N) is 1. The molecule has 4 nitrogen and oxygen atoms in total. The molecule has 1 unspecified atom stereocenters. The number of carbonyl (C=O) groups is 1. The minimum absolute atomic E-state index is 0.0109. The zero-order chi connectivity index (χ0) is 23.4. The first-order chi connectivity index (χ1) is 15.8. The van der Waals surface area contributed by atoms with Crippen molar-refractivity contribution in [1.29, 1.82) is 0 Å². The Bertz CT molecular complexity index is 1250. The first-order valence-electron chi connectivity index (χ1n) is 10.4. The molecule has 170 valence electrons. The average molecular weight is 472 g/mol. The Morgan fingerprint density at radius 1 is 1.09 bits per heavy atom. The van der Waals surface area contributed by atoms with Crippen molar-refractivity contribution in [3.05, 3.63) is 100 Å². The van der Waals surface area contributed by atoms with Gasteiger partial charge in [0.1, 0.15) is 0 Å². The fraction of sp³-hybridized carbons (Fsp3) is 0.200. The molecule has 0 saturated carbocycles. The Morgan fingerprint density at radius 3 is 2.70 bits per heavy atom. The van der Waals surface area contributed by atoms with Gasteiger partial charge in [0.15, 0.2) is 0 Å². The van der Waals surface area contributed by atoms with Crippen LogP contribution in [-0.2, 0) is 17.4 Å². The van der Waals surface area contributed by atoms with Gasteiger partial charge in [-0.05, 0) is 47.5 Å². The fourth-order valence-corrected chi connectivity index (χ4v) is 4.05. The van der Waals surface area contributed by atoms with Crippen LogP contribution in [0.4, 0.5) is 13.2 Å². The summed E-state index contributed by atoms with van der Waals surface area (Å²) in [6.07, 6.45) is -0.516. The number of hydrogen-bond acceptors (Lipinski definition) is 2. The number of benzene rings is 2. The molecule has 0 aliphatic rings. The maximum Gasteiger partial charge on any atom is 0.416 e. The number of carbonyl (C=O) groups excluding carboxylic acids is 1. The minimum atomic E-state index is -4.48. The van der Waals surface area contributed by atoms with Crippen molar-refractivity contribution in [1.82, 2.24) is 15.3 Å². The second-order valence-electron chi connectivity index (χ2n) is 7.73. The highest BCUT2D eigenvalue weighted by atomic mass is 35.5. The number of H-pyrrole nitrogens is 1. The fourth-order valence-electron chi connectivity index (χ4n) is 3.88. The van der Waals surface area contributed by atoms with Crippen LogP contribution in [0.5, 0.6) is 0 Å². The molecule has 2 aromatic carbocycles. The molecule has 2 heterocycles. The third-order valence-corrected chi connectivity index (χ3v) is 5.72. The molecule has 0 spiro atoms. The Balaban J connectivity index is 1.61. The van der Waals surface area contributed by atoms with Gasteiger partial charge in [0.25, 0.3) is 0 Å². The monoisotopic (exact) mass is 471 g/mol. The summed E-state index contributed by atoms with van der Waals surface area (Å²) in [6, 6.07) is 16.0. The molecule has 0 bridgehead atoms. The van der Waals surface area contributed by atoms with E-state index in [9.17, 15) is 18.0 Å². The summed E-state index contributed by atoms with van der Waals surface area (Å²) in [6.45, 7) is 0.380. The highest BCUT2D eigenvalue weighted by Gasteiger charge is 2.31. The SMILES string of the molecule is O=C(CC(c1cccc(C(F)(F)F)c1)c1c[nH]c2ccc(Cl)cc12)NCCc1ccccn1. The molecule has 0 fully saturated rings. The number of fused-ring (bicyclic) bond motifs is 1. The lowest BCUT2D eigenvalue weighted by Crippen LogP contribution is -2.27. The first kappa shape index (κ1) is 22.9. The van der Waals surface area contributed by atoms with Crippen molar-refractivity contribution >= 4 is 28.4 Å². The van der Waals surface area contributed by atoms with E-state index in [4.69, 9.17) is 11.6 Å². The van der Waals surface area contributed by atoms with Gasteiger partial charge in [0.2, 0.25) is 5.91 Å². The number of amides is 1. The molecule has 1 atom stereocenters. The quantitative estimate of drug-likeness (QED) is 0.341. The van der Waals surface area contributed by atoms with Gasteiger partial charge in [-0.15, -0.1) is 0 Å². The van der Waals surface area contributed by atoms with Gasteiger partial charge in [-0.2, -0.15) is 13.2 Å². The Kier molecular flexibility index (Phi) is 6.70. The zero-order valence-electron chi connectivity index (χ0n) is 17.5. The Hall–Kier alpha value is -3.32. The number of aromatic amines is 1. The molecular formula is C25H21ClF3N3O. The van der Waals surface area contributed by atoms with E-state index in [1.165, 1.54) is 6.07 Å². The minimum Gasteiger partial charge on any atom is -0.361 e. The smallest absolute Gasteiger partial charge is 0.361 e. The van der Waals surface area contributed by atoms with Crippen molar-refractivity contribution < 1.29 is 18.0 Å². The summed E-state index contributed by atoms with van der Waals surface area (Å²) in [5, 5.41) is 4.14. The van der Waals surface area contributed by atoms with Gasteiger partial charge >= 0.3 is 6.18 Å². The largest absolute Gasteiger partial charge is 0.416 e. The molecule has 4 aromatic rings. The van der Waals surface area contributed by atoms with E-state index < -0.39 is 17.7 Å². The van der Waals surface area contributed by atoms with Gasteiger partial charge in [-0.25, -0.2) is 0 Å². The predicted octanol–water partition coefficient (Wildman–Crippen LogP) is 6.12. The normalized spacial score (nSPS) is 12.6. The topological polar surface area (TPSA) is 57.8 Å². The molecule has 0 aliphatic carbocycles. The van der Waals surface area contributed by atoms with Crippen LogP contribution in [0.3, 0.4) is 0 Å². The number of halogens is 4. The number of nitrogens with one attached hydrogen (secondary N) is 2. The number of alkyl halides is 3. The number of aromatic nitrogens is 2. The summed E-state index contributed by atoms with van der Waals surface area (Å²) in [4.78, 5) is 20.2. The molecule has 0 aliphatic heterocycles. The van der Waals surface area contributed by atoms with Gasteiger partial charge in [0.05, 0.1) is 5.56 Å². The average Bonchev–Trinajstić information content (AvgIpc) is 3.20. The summed E-state index contributed by atoms with van der Waals surface area (Å²) in [5.41, 5.74) is 2.01. The number of pyridine rings is 1. The Morgan fingerprint density at radius 2 is 1.94 bits per heavy atom. The van der Waals surface area contributed by atoms with Crippen LogP contribution in [0.1, 0.15) is 34.7 Å². The first-order valence-corrected chi connectivity index (χ1v) is 10.8. The lowest BCUT2D eigenvalue weighted by Gasteiger charge is -2.19. The van der Waals surface area contributed by atoms with E-state index >= 15 is 0 Å². The van der Waals surface area contributed by atoms with E-state index in [0.717, 1.165) is 28.7 Å². The molecule has 1 amide bonds. The van der Waals surface area contributed by atoms with E-state index in [2.05, 4.69) is 15.3 Å². The van der Waals surface area contributed by atoms with Crippen LogP contribution in [0.25, 0.3) is 10.9 Å². The van der Waals surface area contributed by atoms with E-state index in [0.29, 0.717) is 29.1 Å². The van der Waals surface area contributed by atoms with Crippen LogP contribution in [-0.4, -0.2) is 22.4 Å².